The molecule has 0 aliphatic carbocycles. The van der Waals surface area contributed by atoms with Crippen LogP contribution in [0.2, 0.25) is 0 Å². The first-order valence-corrected chi connectivity index (χ1v) is 10.4. The molecule has 5 rings (SSSR count). The number of ketones is 1. The van der Waals surface area contributed by atoms with E-state index in [0.29, 0.717) is 11.3 Å². The fourth-order valence-electron chi connectivity index (χ4n) is 5.10. The zero-order valence-corrected chi connectivity index (χ0v) is 17.3. The van der Waals surface area contributed by atoms with Crippen LogP contribution in [0, 0.1) is 39.7 Å². The number of anilines is 1. The molecule has 160 valence electrons. The smallest absolute Gasteiger partial charge is 0.185 e. The van der Waals surface area contributed by atoms with Crippen molar-refractivity contribution in [3.05, 3.63) is 107 Å². The second-order valence-corrected chi connectivity index (χ2v) is 8.18. The SMILES string of the molecule is N#CC1(C#N)C(c2ccc(F)cc2F)C(C(=O)c2ccccc2)N2c3ccccc3C=CC21. The molecule has 0 N–H and O–H groups in total. The third-order valence-corrected chi connectivity index (χ3v) is 6.54. The number of Topliss-reactive ketones (excluding diaryl/α,β-unsaturated/α-hetero) is 1. The molecule has 4 nitrogen and oxygen atoms in total. The van der Waals surface area contributed by atoms with E-state index in [2.05, 4.69) is 12.1 Å². The third-order valence-electron chi connectivity index (χ3n) is 6.54. The van der Waals surface area contributed by atoms with E-state index in [0.717, 1.165) is 17.7 Å². The summed E-state index contributed by atoms with van der Waals surface area (Å²) in [5, 5.41) is 20.6. The van der Waals surface area contributed by atoms with Gasteiger partial charge in [0.15, 0.2) is 11.2 Å². The second-order valence-electron chi connectivity index (χ2n) is 8.18. The average Bonchev–Trinajstić information content (AvgIpc) is 3.15. The monoisotopic (exact) mass is 437 g/mol. The van der Waals surface area contributed by atoms with Gasteiger partial charge in [0.2, 0.25) is 0 Å². The lowest BCUT2D eigenvalue weighted by Crippen LogP contribution is -2.44. The Kier molecular flexibility index (Phi) is 4.80. The highest BCUT2D eigenvalue weighted by atomic mass is 19.1. The van der Waals surface area contributed by atoms with Crippen molar-refractivity contribution in [1.82, 2.24) is 0 Å². The Morgan fingerprint density at radius 2 is 1.64 bits per heavy atom. The lowest BCUT2D eigenvalue weighted by Gasteiger charge is -2.35. The summed E-state index contributed by atoms with van der Waals surface area (Å²) in [6, 6.07) is 21.3. The molecule has 3 unspecified atom stereocenters. The van der Waals surface area contributed by atoms with Gasteiger partial charge < -0.3 is 4.90 Å². The molecule has 3 aromatic rings. The summed E-state index contributed by atoms with van der Waals surface area (Å²) >= 11 is 0. The third kappa shape index (κ3) is 2.96. The fourth-order valence-corrected chi connectivity index (χ4v) is 5.10. The minimum Gasteiger partial charge on any atom is -0.351 e. The molecule has 0 spiro atoms. The molecule has 0 saturated carbocycles. The van der Waals surface area contributed by atoms with E-state index in [1.54, 1.807) is 41.3 Å². The molecule has 0 aromatic heterocycles. The maximum absolute atomic E-state index is 15.1. The zero-order chi connectivity index (χ0) is 23.2. The van der Waals surface area contributed by atoms with Crippen molar-refractivity contribution in [1.29, 1.82) is 10.5 Å². The summed E-state index contributed by atoms with van der Waals surface area (Å²) in [6.07, 6.45) is 3.54. The number of para-hydroxylation sites is 1. The normalized spacial score (nSPS) is 22.1. The predicted octanol–water partition coefficient (Wildman–Crippen LogP) is 5.25. The van der Waals surface area contributed by atoms with Crippen LogP contribution in [-0.4, -0.2) is 17.9 Å². The Hall–Kier alpha value is -4.29. The quantitative estimate of drug-likeness (QED) is 0.525. The van der Waals surface area contributed by atoms with Crippen LogP contribution in [0.5, 0.6) is 0 Å². The summed E-state index contributed by atoms with van der Waals surface area (Å²) in [6.45, 7) is 0. The number of benzene rings is 3. The van der Waals surface area contributed by atoms with Crippen molar-refractivity contribution in [2.75, 3.05) is 4.90 Å². The lowest BCUT2D eigenvalue weighted by molar-refractivity contribution is 0.0950. The first-order valence-electron chi connectivity index (χ1n) is 10.4. The summed E-state index contributed by atoms with van der Waals surface area (Å²) in [5.74, 6) is -3.16. The summed E-state index contributed by atoms with van der Waals surface area (Å²) in [4.78, 5) is 15.7. The summed E-state index contributed by atoms with van der Waals surface area (Å²) in [5.41, 5.74) is 0.0722. The molecule has 2 aliphatic rings. The van der Waals surface area contributed by atoms with Gasteiger partial charge in [0.1, 0.15) is 17.7 Å². The van der Waals surface area contributed by atoms with Crippen LogP contribution < -0.4 is 4.90 Å². The van der Waals surface area contributed by atoms with Crippen LogP contribution in [0.3, 0.4) is 0 Å². The first kappa shape index (κ1) is 20.6. The number of carbonyl (C=O) groups is 1. The van der Waals surface area contributed by atoms with E-state index >= 15 is 4.39 Å². The highest BCUT2D eigenvalue weighted by Gasteiger charge is 2.63. The minimum atomic E-state index is -1.78. The number of fused-ring (bicyclic) bond motifs is 3. The zero-order valence-electron chi connectivity index (χ0n) is 17.3. The van der Waals surface area contributed by atoms with Crippen LogP contribution in [0.1, 0.15) is 27.4 Å². The number of carbonyl (C=O) groups excluding carboxylic acids is 1. The Labute approximate surface area is 189 Å². The molecule has 1 saturated heterocycles. The maximum Gasteiger partial charge on any atom is 0.185 e. The van der Waals surface area contributed by atoms with Crippen molar-refractivity contribution < 1.29 is 13.6 Å². The van der Waals surface area contributed by atoms with Crippen LogP contribution >= 0.6 is 0 Å². The van der Waals surface area contributed by atoms with Gasteiger partial charge in [0.25, 0.3) is 0 Å². The lowest BCUT2D eigenvalue weighted by atomic mass is 9.69. The highest BCUT2D eigenvalue weighted by Crippen LogP contribution is 2.55. The molecule has 0 bridgehead atoms. The minimum absolute atomic E-state index is 0.0333. The summed E-state index contributed by atoms with van der Waals surface area (Å²) in [7, 11) is 0. The van der Waals surface area contributed by atoms with Gasteiger partial charge in [0, 0.05) is 23.2 Å². The van der Waals surface area contributed by atoms with Gasteiger partial charge in [-0.15, -0.1) is 0 Å². The number of nitriles is 2. The Morgan fingerprint density at radius 3 is 2.33 bits per heavy atom. The standard InChI is InChI=1S/C27H17F2N3O/c28-19-11-12-20(21(29)14-19)24-25(26(33)18-7-2-1-3-8-18)32-22-9-5-4-6-17(22)10-13-23(32)27(24,15-30)16-31/h1-14,23-25H. The number of rotatable bonds is 3. The predicted molar refractivity (Wildman–Crippen MR) is 119 cm³/mol. The van der Waals surface area contributed by atoms with E-state index in [1.165, 1.54) is 6.07 Å². The van der Waals surface area contributed by atoms with Crippen LogP contribution in [0.15, 0.2) is 78.9 Å². The van der Waals surface area contributed by atoms with Gasteiger partial charge in [-0.05, 0) is 23.3 Å². The van der Waals surface area contributed by atoms with Crippen LogP contribution in [-0.2, 0) is 0 Å². The molecule has 33 heavy (non-hydrogen) atoms. The number of hydrogen-bond acceptors (Lipinski definition) is 4. The van der Waals surface area contributed by atoms with Crippen molar-refractivity contribution in [2.45, 2.75) is 18.0 Å². The molecule has 3 aromatic carbocycles. The van der Waals surface area contributed by atoms with Gasteiger partial charge in [0.05, 0.1) is 18.2 Å². The Morgan fingerprint density at radius 1 is 0.939 bits per heavy atom. The number of halogens is 2. The van der Waals surface area contributed by atoms with Gasteiger partial charge >= 0.3 is 0 Å². The van der Waals surface area contributed by atoms with Crippen molar-refractivity contribution in [3.8, 4) is 12.1 Å². The van der Waals surface area contributed by atoms with E-state index in [9.17, 15) is 19.7 Å². The van der Waals surface area contributed by atoms with Crippen LogP contribution in [0.4, 0.5) is 14.5 Å². The van der Waals surface area contributed by atoms with Crippen LogP contribution in [0.25, 0.3) is 6.08 Å². The fraction of sp³-hybridized carbons (Fsp3) is 0.148. The topological polar surface area (TPSA) is 67.9 Å². The second kappa shape index (κ2) is 7.69. The molecular weight excluding hydrogens is 420 g/mol. The van der Waals surface area contributed by atoms with Crippen molar-refractivity contribution in [2.24, 2.45) is 5.41 Å². The molecule has 6 heteroatoms. The summed E-state index contributed by atoms with van der Waals surface area (Å²) < 4.78 is 28.9. The highest BCUT2D eigenvalue weighted by molar-refractivity contribution is 6.04. The molecule has 3 atom stereocenters. The largest absolute Gasteiger partial charge is 0.351 e. The molecule has 2 aliphatic heterocycles. The van der Waals surface area contributed by atoms with Gasteiger partial charge in [-0.1, -0.05) is 66.7 Å². The van der Waals surface area contributed by atoms with E-state index in [-0.39, 0.29) is 11.3 Å². The van der Waals surface area contributed by atoms with E-state index in [4.69, 9.17) is 0 Å². The number of hydrogen-bond donors (Lipinski definition) is 0. The van der Waals surface area contributed by atoms with E-state index < -0.39 is 35.1 Å². The average molecular weight is 437 g/mol. The Bertz CT molecular complexity index is 1360. The molecule has 2 heterocycles. The number of nitrogens with zero attached hydrogens (tertiary/aromatic N) is 3. The van der Waals surface area contributed by atoms with Crippen molar-refractivity contribution >= 4 is 17.5 Å². The molecule has 1 fully saturated rings. The maximum atomic E-state index is 15.1. The van der Waals surface area contributed by atoms with Gasteiger partial charge in [-0.25, -0.2) is 8.78 Å². The molecule has 0 radical (unpaired) electrons. The van der Waals surface area contributed by atoms with Crippen molar-refractivity contribution in [3.63, 3.8) is 0 Å². The van der Waals surface area contributed by atoms with E-state index in [1.807, 2.05) is 30.3 Å². The molecule has 0 amide bonds. The Balaban J connectivity index is 1.81. The first-order chi connectivity index (χ1) is 16.0. The van der Waals surface area contributed by atoms with Gasteiger partial charge in [-0.3, -0.25) is 4.79 Å². The molecular formula is C27H17F2N3O. The van der Waals surface area contributed by atoms with Gasteiger partial charge in [-0.2, -0.15) is 10.5 Å².